The Labute approximate surface area is 99.8 Å². The molecule has 1 rings (SSSR count). The highest BCUT2D eigenvalue weighted by molar-refractivity contribution is 14.1. The number of nitrogens with zero attached hydrogens (tertiary/aromatic N) is 1. The van der Waals surface area contributed by atoms with E-state index in [2.05, 4.69) is 4.74 Å². The molecule has 0 heterocycles. The highest BCUT2D eigenvalue weighted by Gasteiger charge is 2.17. The predicted molar refractivity (Wildman–Crippen MR) is 60.2 cm³/mol. The van der Waals surface area contributed by atoms with E-state index >= 15 is 0 Å². The summed E-state index contributed by atoms with van der Waals surface area (Å²) in [7, 11) is 1.26. The maximum atomic E-state index is 11.3. The highest BCUT2D eigenvalue weighted by atomic mass is 127. The van der Waals surface area contributed by atoms with E-state index in [4.69, 9.17) is 16.9 Å². The van der Waals surface area contributed by atoms with Gasteiger partial charge in [0.25, 0.3) is 0 Å². The van der Waals surface area contributed by atoms with Gasteiger partial charge >= 0.3 is 5.97 Å². The van der Waals surface area contributed by atoms with Gasteiger partial charge < -0.3 is 4.74 Å². The van der Waals surface area contributed by atoms with Gasteiger partial charge in [-0.1, -0.05) is 11.6 Å². The monoisotopic (exact) mass is 321 g/mol. The highest BCUT2D eigenvalue weighted by Crippen LogP contribution is 2.25. The second kappa shape index (κ2) is 4.62. The van der Waals surface area contributed by atoms with Gasteiger partial charge in [0.15, 0.2) is 0 Å². The number of benzene rings is 1. The van der Waals surface area contributed by atoms with Crippen molar-refractivity contribution < 1.29 is 9.53 Å². The van der Waals surface area contributed by atoms with Crippen molar-refractivity contribution in [1.29, 1.82) is 5.26 Å². The van der Waals surface area contributed by atoms with Crippen molar-refractivity contribution in [3.8, 4) is 6.07 Å². The van der Waals surface area contributed by atoms with Crippen LogP contribution in [0.5, 0.6) is 0 Å². The molecule has 0 aliphatic carbocycles. The van der Waals surface area contributed by atoms with E-state index in [1.165, 1.54) is 13.2 Å². The second-order valence-electron chi connectivity index (χ2n) is 2.39. The van der Waals surface area contributed by atoms with Crippen LogP contribution >= 0.6 is 34.2 Å². The van der Waals surface area contributed by atoms with Crippen LogP contribution in [0.25, 0.3) is 0 Å². The number of hydrogen-bond acceptors (Lipinski definition) is 3. The van der Waals surface area contributed by atoms with Crippen LogP contribution in [0, 0.1) is 14.9 Å². The first-order valence-electron chi connectivity index (χ1n) is 3.58. The first kappa shape index (κ1) is 11.3. The normalized spacial score (nSPS) is 9.29. The van der Waals surface area contributed by atoms with E-state index in [-0.39, 0.29) is 11.1 Å². The van der Waals surface area contributed by atoms with Gasteiger partial charge in [0.2, 0.25) is 0 Å². The Balaban J connectivity index is 3.45. The Morgan fingerprint density at radius 3 is 2.79 bits per heavy atom. The van der Waals surface area contributed by atoms with Crippen LogP contribution in [-0.2, 0) is 4.74 Å². The standard InChI is InChI=1S/C9H5ClINO2/c1-14-9(13)7-5(4-12)2-3-6(10)8(7)11/h2-3H,1H3. The van der Waals surface area contributed by atoms with Crippen molar-refractivity contribution in [2.45, 2.75) is 0 Å². The number of carbonyl (C=O) groups excluding carboxylic acids is 1. The topological polar surface area (TPSA) is 50.1 Å². The molecule has 3 nitrogen and oxygen atoms in total. The zero-order chi connectivity index (χ0) is 10.7. The summed E-state index contributed by atoms with van der Waals surface area (Å²) >= 11 is 7.73. The van der Waals surface area contributed by atoms with Crippen LogP contribution in [0.1, 0.15) is 15.9 Å². The molecule has 0 radical (unpaired) electrons. The molecule has 0 N–H and O–H groups in total. The minimum Gasteiger partial charge on any atom is -0.465 e. The molecule has 0 fully saturated rings. The molecule has 1 aromatic carbocycles. The summed E-state index contributed by atoms with van der Waals surface area (Å²) in [6.07, 6.45) is 0. The lowest BCUT2D eigenvalue weighted by Crippen LogP contribution is -2.07. The van der Waals surface area contributed by atoms with Crippen molar-refractivity contribution in [3.63, 3.8) is 0 Å². The molecule has 14 heavy (non-hydrogen) atoms. The van der Waals surface area contributed by atoms with Crippen LogP contribution in [0.3, 0.4) is 0 Å². The third-order valence-electron chi connectivity index (χ3n) is 1.60. The molecule has 72 valence electrons. The van der Waals surface area contributed by atoms with E-state index in [0.717, 1.165) is 0 Å². The molecule has 0 spiro atoms. The zero-order valence-corrected chi connectivity index (χ0v) is 10.1. The van der Waals surface area contributed by atoms with Crippen molar-refractivity contribution in [3.05, 3.63) is 31.9 Å². The number of esters is 1. The molecule has 0 atom stereocenters. The summed E-state index contributed by atoms with van der Waals surface area (Å²) in [6, 6.07) is 4.99. The largest absolute Gasteiger partial charge is 0.465 e. The van der Waals surface area contributed by atoms with Crippen molar-refractivity contribution in [2.75, 3.05) is 7.11 Å². The smallest absolute Gasteiger partial charge is 0.340 e. The SMILES string of the molecule is COC(=O)c1c(C#N)ccc(Cl)c1I. The molecular formula is C9H5ClINO2. The fourth-order valence-electron chi connectivity index (χ4n) is 0.945. The van der Waals surface area contributed by atoms with Crippen LogP contribution in [0.15, 0.2) is 12.1 Å². The van der Waals surface area contributed by atoms with Crippen molar-refractivity contribution in [1.82, 2.24) is 0 Å². The fraction of sp³-hybridized carbons (Fsp3) is 0.111. The summed E-state index contributed by atoms with van der Waals surface area (Å²) < 4.78 is 5.10. The number of rotatable bonds is 1. The molecular weight excluding hydrogens is 316 g/mol. The summed E-state index contributed by atoms with van der Waals surface area (Å²) in [4.78, 5) is 11.3. The second-order valence-corrected chi connectivity index (χ2v) is 3.87. The lowest BCUT2D eigenvalue weighted by Gasteiger charge is -2.05. The van der Waals surface area contributed by atoms with E-state index in [1.807, 2.05) is 28.7 Å². The summed E-state index contributed by atoms with van der Waals surface area (Å²) in [6.45, 7) is 0. The van der Waals surface area contributed by atoms with Crippen molar-refractivity contribution >= 4 is 40.2 Å². The first-order valence-corrected chi connectivity index (χ1v) is 5.04. The number of nitriles is 1. The molecule has 0 amide bonds. The molecule has 5 heteroatoms. The van der Waals surface area contributed by atoms with Gasteiger partial charge in [-0.2, -0.15) is 5.26 Å². The Morgan fingerprint density at radius 1 is 1.64 bits per heavy atom. The Kier molecular flexibility index (Phi) is 3.72. The average molecular weight is 322 g/mol. The van der Waals surface area contributed by atoms with Gasteiger partial charge in [0, 0.05) is 3.57 Å². The first-order chi connectivity index (χ1) is 6.61. The Hall–Kier alpha value is -0.800. The maximum absolute atomic E-state index is 11.3. The van der Waals surface area contributed by atoms with Gasteiger partial charge in [0.05, 0.1) is 23.3 Å². The molecule has 0 saturated heterocycles. The third-order valence-corrected chi connectivity index (χ3v) is 3.36. The number of hydrogen-bond donors (Lipinski definition) is 0. The fourth-order valence-corrected chi connectivity index (χ4v) is 1.79. The predicted octanol–water partition coefficient (Wildman–Crippen LogP) is 2.60. The van der Waals surface area contributed by atoms with Crippen LogP contribution in [-0.4, -0.2) is 13.1 Å². The molecule has 0 aliphatic heterocycles. The van der Waals surface area contributed by atoms with Gasteiger partial charge in [-0.3, -0.25) is 0 Å². The van der Waals surface area contributed by atoms with Gasteiger partial charge in [-0.15, -0.1) is 0 Å². The summed E-state index contributed by atoms with van der Waals surface area (Å²) in [5.41, 5.74) is 0.494. The Bertz CT molecular complexity index is 426. The summed E-state index contributed by atoms with van der Waals surface area (Å²) in [5.74, 6) is -0.548. The zero-order valence-electron chi connectivity index (χ0n) is 7.17. The molecule has 0 saturated carbocycles. The van der Waals surface area contributed by atoms with Crippen LogP contribution in [0.2, 0.25) is 5.02 Å². The van der Waals surface area contributed by atoms with E-state index in [0.29, 0.717) is 8.59 Å². The quantitative estimate of drug-likeness (QED) is 0.590. The molecule has 1 aromatic rings. The van der Waals surface area contributed by atoms with E-state index in [9.17, 15) is 4.79 Å². The Morgan fingerprint density at radius 2 is 2.29 bits per heavy atom. The van der Waals surface area contributed by atoms with Crippen LogP contribution in [0.4, 0.5) is 0 Å². The number of methoxy groups -OCH3 is 1. The number of halogens is 2. The molecule has 0 aliphatic rings. The lowest BCUT2D eigenvalue weighted by atomic mass is 10.1. The average Bonchev–Trinajstić information content (AvgIpc) is 2.20. The summed E-state index contributed by atoms with van der Waals surface area (Å²) in [5, 5.41) is 9.21. The van der Waals surface area contributed by atoms with E-state index in [1.54, 1.807) is 6.07 Å². The van der Waals surface area contributed by atoms with Gasteiger partial charge in [-0.25, -0.2) is 4.79 Å². The van der Waals surface area contributed by atoms with Crippen LogP contribution < -0.4 is 0 Å². The third kappa shape index (κ3) is 1.99. The maximum Gasteiger partial charge on any atom is 0.340 e. The minimum absolute atomic E-state index is 0.225. The number of ether oxygens (including phenoxy) is 1. The molecule has 0 bridgehead atoms. The molecule has 0 unspecified atom stereocenters. The molecule has 0 aromatic heterocycles. The van der Waals surface area contributed by atoms with Crippen molar-refractivity contribution in [2.24, 2.45) is 0 Å². The minimum atomic E-state index is -0.548. The van der Waals surface area contributed by atoms with Gasteiger partial charge in [0.1, 0.15) is 6.07 Å². The van der Waals surface area contributed by atoms with E-state index < -0.39 is 5.97 Å². The number of carbonyl (C=O) groups is 1. The van der Waals surface area contributed by atoms with Gasteiger partial charge in [-0.05, 0) is 34.7 Å². The lowest BCUT2D eigenvalue weighted by molar-refractivity contribution is 0.0599.